The Morgan fingerprint density at radius 3 is 2.56 bits per heavy atom. The number of amides is 1. The summed E-state index contributed by atoms with van der Waals surface area (Å²) in [6.45, 7) is 3.63. The molecule has 0 bridgehead atoms. The van der Waals surface area contributed by atoms with Crippen LogP contribution in [0.5, 0.6) is 11.5 Å². The highest BCUT2D eigenvalue weighted by Gasteiger charge is 2.45. The average Bonchev–Trinajstić information content (AvgIpc) is 3.01. The summed E-state index contributed by atoms with van der Waals surface area (Å²) in [6.07, 6.45) is 1.52. The Balaban J connectivity index is 2.16. The molecule has 1 atom stereocenters. The smallest absolute Gasteiger partial charge is 0.308 e. The molecule has 0 spiro atoms. The minimum Gasteiger partial charge on any atom is -0.507 e. The second kappa shape index (κ2) is 9.99. The van der Waals surface area contributed by atoms with E-state index in [-0.39, 0.29) is 11.3 Å². The Hall–Kier alpha value is -3.13. The first-order valence-electron chi connectivity index (χ1n) is 10.2. The number of hydrogen-bond donors (Lipinski definition) is 1. The van der Waals surface area contributed by atoms with E-state index in [4.69, 9.17) is 9.47 Å². The summed E-state index contributed by atoms with van der Waals surface area (Å²) < 4.78 is 11.0. The second-order valence-electron chi connectivity index (χ2n) is 7.36. The van der Waals surface area contributed by atoms with Gasteiger partial charge in [0.05, 0.1) is 23.2 Å². The molecule has 168 valence electrons. The molecule has 0 saturated carbocycles. The number of unbranched alkanes of at least 4 members (excludes halogenated alkanes) is 1. The third-order valence-corrected chi connectivity index (χ3v) is 5.77. The van der Waals surface area contributed by atoms with Crippen LogP contribution in [0.4, 0.5) is 0 Å². The lowest BCUT2D eigenvalue weighted by Crippen LogP contribution is -2.30. The number of rotatable bonds is 7. The van der Waals surface area contributed by atoms with Gasteiger partial charge in [-0.05, 0) is 58.2 Å². The third kappa shape index (κ3) is 4.70. The number of carbonyl (C=O) groups excluding carboxylic acids is 3. The van der Waals surface area contributed by atoms with Crippen LogP contribution in [-0.4, -0.2) is 41.3 Å². The number of Topliss-reactive ketones (excluding diaryl/α,β-unsaturated/α-hetero) is 1. The van der Waals surface area contributed by atoms with Crippen molar-refractivity contribution in [3.05, 3.63) is 63.6 Å². The van der Waals surface area contributed by atoms with Crippen molar-refractivity contribution in [2.75, 3.05) is 13.7 Å². The number of aliphatic hydroxyl groups is 1. The fourth-order valence-electron chi connectivity index (χ4n) is 3.67. The number of hydrogen-bond acceptors (Lipinski definition) is 6. The van der Waals surface area contributed by atoms with Gasteiger partial charge in [0.15, 0.2) is 0 Å². The van der Waals surface area contributed by atoms with Gasteiger partial charge >= 0.3 is 5.97 Å². The van der Waals surface area contributed by atoms with E-state index in [1.807, 2.05) is 6.92 Å². The van der Waals surface area contributed by atoms with Crippen molar-refractivity contribution < 1.29 is 29.0 Å². The molecule has 1 N–H and O–H groups in total. The van der Waals surface area contributed by atoms with Crippen LogP contribution in [0.3, 0.4) is 0 Å². The van der Waals surface area contributed by atoms with E-state index in [1.54, 1.807) is 42.5 Å². The number of carbonyl (C=O) groups is 3. The van der Waals surface area contributed by atoms with Gasteiger partial charge in [0.1, 0.15) is 17.3 Å². The molecule has 1 aliphatic rings. The molecule has 1 unspecified atom stereocenters. The van der Waals surface area contributed by atoms with Gasteiger partial charge < -0.3 is 19.5 Å². The summed E-state index contributed by atoms with van der Waals surface area (Å²) in [7, 11) is 1.52. The van der Waals surface area contributed by atoms with Crippen molar-refractivity contribution in [2.24, 2.45) is 0 Å². The summed E-state index contributed by atoms with van der Waals surface area (Å²) in [5.41, 5.74) is 0.920. The van der Waals surface area contributed by atoms with Crippen molar-refractivity contribution in [2.45, 2.75) is 32.7 Å². The number of aliphatic hydroxyl groups excluding tert-OH is 1. The number of ketones is 1. The first-order chi connectivity index (χ1) is 15.3. The van der Waals surface area contributed by atoms with E-state index in [9.17, 15) is 19.5 Å². The normalized spacial score (nSPS) is 17.5. The molecule has 0 aliphatic carbocycles. The third-order valence-electron chi connectivity index (χ3n) is 5.15. The Morgan fingerprint density at radius 2 is 1.94 bits per heavy atom. The van der Waals surface area contributed by atoms with Crippen molar-refractivity contribution in [1.29, 1.82) is 0 Å². The van der Waals surface area contributed by atoms with E-state index in [0.29, 0.717) is 40.1 Å². The molecule has 32 heavy (non-hydrogen) atoms. The fraction of sp³-hybridized carbons (Fsp3) is 0.292. The van der Waals surface area contributed by atoms with Crippen LogP contribution in [0, 0.1) is 0 Å². The molecule has 0 radical (unpaired) electrons. The highest BCUT2D eigenvalue weighted by Crippen LogP contribution is 2.41. The van der Waals surface area contributed by atoms with Gasteiger partial charge in [0.2, 0.25) is 0 Å². The molecule has 1 heterocycles. The molecule has 8 heteroatoms. The molecule has 2 aromatic rings. The standard InChI is InChI=1S/C24H24BrNO6/c1-4-5-11-26-21(15-7-6-8-17(12-15)32-14(2)27)20(23(29)24(26)30)22(28)16-9-10-19(31-3)18(25)13-16/h6-10,12-13,21,28H,4-5,11H2,1-3H3/b22-20+. The number of likely N-dealkylation sites (tertiary alicyclic amines) is 1. The van der Waals surface area contributed by atoms with Crippen LogP contribution in [-0.2, 0) is 14.4 Å². The summed E-state index contributed by atoms with van der Waals surface area (Å²) in [4.78, 5) is 38.8. The van der Waals surface area contributed by atoms with Crippen LogP contribution >= 0.6 is 15.9 Å². The molecule has 3 rings (SSSR count). The lowest BCUT2D eigenvalue weighted by atomic mass is 9.95. The minimum atomic E-state index is -0.807. The van der Waals surface area contributed by atoms with Gasteiger partial charge in [-0.15, -0.1) is 0 Å². The zero-order valence-corrected chi connectivity index (χ0v) is 19.6. The monoisotopic (exact) mass is 501 g/mol. The lowest BCUT2D eigenvalue weighted by molar-refractivity contribution is -0.139. The molecule has 1 amide bonds. The molecular weight excluding hydrogens is 478 g/mol. The minimum absolute atomic E-state index is 0.0110. The number of esters is 1. The maximum Gasteiger partial charge on any atom is 0.308 e. The number of benzene rings is 2. The van der Waals surface area contributed by atoms with Crippen LogP contribution in [0.25, 0.3) is 5.76 Å². The number of methoxy groups -OCH3 is 1. The van der Waals surface area contributed by atoms with E-state index in [1.165, 1.54) is 18.9 Å². The van der Waals surface area contributed by atoms with Crippen molar-refractivity contribution in [3.63, 3.8) is 0 Å². The van der Waals surface area contributed by atoms with E-state index in [2.05, 4.69) is 15.9 Å². The summed E-state index contributed by atoms with van der Waals surface area (Å²) in [6, 6.07) is 10.7. The van der Waals surface area contributed by atoms with Gasteiger partial charge in [0.25, 0.3) is 11.7 Å². The lowest BCUT2D eigenvalue weighted by Gasteiger charge is -2.25. The maximum absolute atomic E-state index is 13.0. The molecule has 1 saturated heterocycles. The van der Waals surface area contributed by atoms with Gasteiger partial charge in [-0.3, -0.25) is 14.4 Å². The number of nitrogens with zero attached hydrogens (tertiary/aromatic N) is 1. The summed E-state index contributed by atoms with van der Waals surface area (Å²) in [5, 5.41) is 11.1. The van der Waals surface area contributed by atoms with Crippen molar-refractivity contribution in [1.82, 2.24) is 4.90 Å². The quantitative estimate of drug-likeness (QED) is 0.196. The molecule has 7 nitrogen and oxygen atoms in total. The first kappa shape index (κ1) is 23.5. The van der Waals surface area contributed by atoms with Gasteiger partial charge in [-0.25, -0.2) is 0 Å². The topological polar surface area (TPSA) is 93.1 Å². The van der Waals surface area contributed by atoms with E-state index >= 15 is 0 Å². The van der Waals surface area contributed by atoms with Crippen molar-refractivity contribution >= 4 is 39.3 Å². The predicted octanol–water partition coefficient (Wildman–Crippen LogP) is 4.60. The highest BCUT2D eigenvalue weighted by atomic mass is 79.9. The Labute approximate surface area is 194 Å². The molecule has 0 aromatic heterocycles. The van der Waals surface area contributed by atoms with Crippen molar-refractivity contribution in [3.8, 4) is 11.5 Å². The SMILES string of the molecule is CCCCN1C(=O)C(=O)/C(=C(/O)c2ccc(OC)c(Br)c2)C1c1cccc(OC(C)=O)c1. The highest BCUT2D eigenvalue weighted by molar-refractivity contribution is 9.10. The number of ether oxygens (including phenoxy) is 2. The van der Waals surface area contributed by atoms with Crippen LogP contribution in [0.15, 0.2) is 52.5 Å². The Kier molecular flexibility index (Phi) is 7.35. The van der Waals surface area contributed by atoms with Crippen LogP contribution in [0.2, 0.25) is 0 Å². The molecule has 1 fully saturated rings. The maximum atomic E-state index is 13.0. The zero-order chi connectivity index (χ0) is 23.4. The Bertz CT molecular complexity index is 1090. The average molecular weight is 502 g/mol. The van der Waals surface area contributed by atoms with Crippen LogP contribution < -0.4 is 9.47 Å². The largest absolute Gasteiger partial charge is 0.507 e. The predicted molar refractivity (Wildman–Crippen MR) is 122 cm³/mol. The van der Waals surface area contributed by atoms with E-state index < -0.39 is 23.7 Å². The summed E-state index contributed by atoms with van der Waals surface area (Å²) >= 11 is 3.38. The van der Waals surface area contributed by atoms with Gasteiger partial charge in [-0.1, -0.05) is 25.5 Å². The van der Waals surface area contributed by atoms with Gasteiger partial charge in [0, 0.05) is 19.0 Å². The number of halogens is 1. The molecular formula is C24H24BrNO6. The Morgan fingerprint density at radius 1 is 1.19 bits per heavy atom. The van der Waals surface area contributed by atoms with E-state index in [0.717, 1.165) is 6.42 Å². The van der Waals surface area contributed by atoms with Gasteiger partial charge in [-0.2, -0.15) is 0 Å². The first-order valence-corrected chi connectivity index (χ1v) is 11.0. The zero-order valence-electron chi connectivity index (χ0n) is 18.1. The second-order valence-corrected chi connectivity index (χ2v) is 8.22. The molecule has 1 aliphatic heterocycles. The fourth-order valence-corrected chi connectivity index (χ4v) is 4.21. The summed E-state index contributed by atoms with van der Waals surface area (Å²) in [5.74, 6) is -1.33. The molecule has 2 aromatic carbocycles. The van der Waals surface area contributed by atoms with Crippen LogP contribution in [0.1, 0.15) is 43.9 Å².